The summed E-state index contributed by atoms with van der Waals surface area (Å²) in [6.07, 6.45) is 0. The van der Waals surface area contributed by atoms with Crippen molar-refractivity contribution in [2.75, 3.05) is 0 Å². The summed E-state index contributed by atoms with van der Waals surface area (Å²) in [6.45, 7) is 0. The van der Waals surface area contributed by atoms with Gasteiger partial charge in [-0.25, -0.2) is 0 Å². The molecule has 0 saturated heterocycles. The predicted octanol–water partition coefficient (Wildman–Crippen LogP) is 13.4. The van der Waals surface area contributed by atoms with Gasteiger partial charge in [0.05, 0.1) is 5.41 Å². The second-order valence-electron chi connectivity index (χ2n) is 14.3. The Kier molecular flexibility index (Phi) is 5.49. The van der Waals surface area contributed by atoms with Crippen molar-refractivity contribution in [1.29, 1.82) is 0 Å². The lowest BCUT2D eigenvalue weighted by molar-refractivity contribution is 0.487. The molecule has 0 fully saturated rings. The van der Waals surface area contributed by atoms with Crippen molar-refractivity contribution in [2.45, 2.75) is 5.41 Å². The molecule has 0 bridgehead atoms. The first-order valence-electron chi connectivity index (χ1n) is 18.1. The molecule has 1 unspecified atom stereocenters. The summed E-state index contributed by atoms with van der Waals surface area (Å²) in [6, 6.07) is 67.3. The maximum absolute atomic E-state index is 6.48. The van der Waals surface area contributed by atoms with Crippen LogP contribution in [0.4, 0.5) is 0 Å². The van der Waals surface area contributed by atoms with E-state index in [1.54, 1.807) is 0 Å². The first kappa shape index (κ1) is 28.0. The average Bonchev–Trinajstić information content (AvgIpc) is 3.68. The van der Waals surface area contributed by atoms with Gasteiger partial charge >= 0.3 is 0 Å². The van der Waals surface area contributed by atoms with Gasteiger partial charge in [0.2, 0.25) is 0 Å². The summed E-state index contributed by atoms with van der Waals surface area (Å²) in [4.78, 5) is 0. The summed E-state index contributed by atoms with van der Waals surface area (Å²) in [5.74, 6) is 1.82. The molecule has 0 saturated carbocycles. The number of rotatable bonds is 2. The minimum Gasteiger partial charge on any atom is -0.456 e. The maximum Gasteiger partial charge on any atom is 0.135 e. The van der Waals surface area contributed by atoms with Crippen LogP contribution in [0.5, 0.6) is 11.5 Å². The summed E-state index contributed by atoms with van der Waals surface area (Å²) >= 11 is 0. The molecule has 52 heavy (non-hydrogen) atoms. The van der Waals surface area contributed by atoms with E-state index in [9.17, 15) is 0 Å². The van der Waals surface area contributed by atoms with Gasteiger partial charge in [-0.05, 0) is 113 Å². The zero-order valence-corrected chi connectivity index (χ0v) is 28.2. The SMILES string of the molecule is c1ccc(-c2ccc3c(c2)C2(c4ccccc4-3)c3ccccc3-c3ccc4ccccc4c32)c(-c2ccc3c(c2)-c2cccc4cccc(c24)O3)c1. The van der Waals surface area contributed by atoms with E-state index in [0.29, 0.717) is 0 Å². The highest BCUT2D eigenvalue weighted by molar-refractivity contribution is 6.06. The van der Waals surface area contributed by atoms with Crippen LogP contribution in [-0.4, -0.2) is 0 Å². The molecule has 0 aromatic heterocycles. The lowest BCUT2D eigenvalue weighted by Crippen LogP contribution is -2.26. The van der Waals surface area contributed by atoms with Crippen molar-refractivity contribution in [1.82, 2.24) is 0 Å². The van der Waals surface area contributed by atoms with Crippen molar-refractivity contribution in [3.63, 3.8) is 0 Å². The summed E-state index contributed by atoms with van der Waals surface area (Å²) in [5.41, 5.74) is 17.5. The normalized spacial score (nSPS) is 15.5. The van der Waals surface area contributed by atoms with Crippen LogP contribution in [-0.2, 0) is 5.41 Å². The third kappa shape index (κ3) is 3.52. The molecule has 0 amide bonds. The van der Waals surface area contributed by atoms with E-state index in [2.05, 4.69) is 182 Å². The summed E-state index contributed by atoms with van der Waals surface area (Å²) in [7, 11) is 0. The molecule has 1 heterocycles. The molecule has 0 radical (unpaired) electrons. The Morgan fingerprint density at radius 1 is 0.327 bits per heavy atom. The molecule has 240 valence electrons. The van der Waals surface area contributed by atoms with Gasteiger partial charge in [-0.15, -0.1) is 0 Å². The van der Waals surface area contributed by atoms with Gasteiger partial charge in [-0.1, -0.05) is 158 Å². The molecule has 2 aliphatic carbocycles. The second-order valence-corrected chi connectivity index (χ2v) is 14.3. The molecule has 1 nitrogen and oxygen atoms in total. The van der Waals surface area contributed by atoms with Crippen molar-refractivity contribution in [3.8, 4) is 67.1 Å². The van der Waals surface area contributed by atoms with E-state index in [0.717, 1.165) is 17.1 Å². The van der Waals surface area contributed by atoms with Crippen LogP contribution < -0.4 is 4.74 Å². The molecule has 9 aromatic carbocycles. The van der Waals surface area contributed by atoms with Gasteiger partial charge in [0, 0.05) is 10.9 Å². The van der Waals surface area contributed by atoms with Crippen LogP contribution in [0, 0.1) is 0 Å². The second kappa shape index (κ2) is 10.2. The molecular formula is C51H30O. The Morgan fingerprint density at radius 2 is 0.904 bits per heavy atom. The fourth-order valence-electron chi connectivity index (χ4n) is 9.80. The number of benzene rings is 9. The smallest absolute Gasteiger partial charge is 0.135 e. The molecule has 12 rings (SSSR count). The minimum atomic E-state index is -0.432. The lowest BCUT2D eigenvalue weighted by Gasteiger charge is -2.31. The van der Waals surface area contributed by atoms with Crippen molar-refractivity contribution >= 4 is 21.5 Å². The quantitative estimate of drug-likeness (QED) is 0.180. The Bertz CT molecular complexity index is 2980. The first-order chi connectivity index (χ1) is 25.8. The Morgan fingerprint density at radius 3 is 1.71 bits per heavy atom. The zero-order chi connectivity index (χ0) is 34.0. The highest BCUT2D eigenvalue weighted by atomic mass is 16.5. The van der Waals surface area contributed by atoms with E-state index >= 15 is 0 Å². The topological polar surface area (TPSA) is 9.23 Å². The number of fused-ring (bicyclic) bond motifs is 14. The molecule has 9 aromatic rings. The van der Waals surface area contributed by atoms with E-state index in [1.165, 1.54) is 93.9 Å². The van der Waals surface area contributed by atoms with Crippen LogP contribution in [0.25, 0.3) is 77.2 Å². The number of hydrogen-bond acceptors (Lipinski definition) is 1. The summed E-state index contributed by atoms with van der Waals surface area (Å²) in [5, 5.41) is 4.96. The van der Waals surface area contributed by atoms with Gasteiger partial charge < -0.3 is 4.74 Å². The van der Waals surface area contributed by atoms with Crippen molar-refractivity contribution < 1.29 is 4.74 Å². The fourth-order valence-corrected chi connectivity index (χ4v) is 9.80. The molecule has 1 heteroatoms. The van der Waals surface area contributed by atoms with Crippen LogP contribution in [0.15, 0.2) is 182 Å². The van der Waals surface area contributed by atoms with Gasteiger partial charge in [0.15, 0.2) is 0 Å². The van der Waals surface area contributed by atoms with E-state index in [4.69, 9.17) is 4.74 Å². The van der Waals surface area contributed by atoms with E-state index in [1.807, 2.05) is 0 Å². The van der Waals surface area contributed by atoms with Gasteiger partial charge in [-0.3, -0.25) is 0 Å². The fraction of sp³-hybridized carbons (Fsp3) is 0.0196. The largest absolute Gasteiger partial charge is 0.456 e. The van der Waals surface area contributed by atoms with Crippen LogP contribution in [0.2, 0.25) is 0 Å². The monoisotopic (exact) mass is 658 g/mol. The predicted molar refractivity (Wildman–Crippen MR) is 214 cm³/mol. The molecule has 1 spiro atoms. The maximum atomic E-state index is 6.48. The molecule has 1 atom stereocenters. The molecule has 3 aliphatic rings. The highest BCUT2D eigenvalue weighted by Gasteiger charge is 2.52. The standard InChI is InChI=1S/C51H30O/c1-2-16-37-31(11-1)23-27-42-39-18-6-8-21-45(39)51(50(37)42)44-20-7-5-17-38(44)40-26-24-34(30-46(40)51)36-15-4-3-14-35(36)33-25-28-47-43(29-33)41-19-9-12-32-13-10-22-48(52-47)49(32)41/h1-30H. The van der Waals surface area contributed by atoms with Crippen molar-refractivity contribution in [3.05, 3.63) is 204 Å². The molecule has 1 aliphatic heterocycles. The van der Waals surface area contributed by atoms with Crippen molar-refractivity contribution in [2.24, 2.45) is 0 Å². The van der Waals surface area contributed by atoms with E-state index < -0.39 is 5.41 Å². The molecular weight excluding hydrogens is 629 g/mol. The van der Waals surface area contributed by atoms with Crippen LogP contribution in [0.1, 0.15) is 22.3 Å². The number of ether oxygens (including phenoxy) is 1. The Balaban J connectivity index is 1.10. The van der Waals surface area contributed by atoms with E-state index in [-0.39, 0.29) is 0 Å². The van der Waals surface area contributed by atoms with Crippen LogP contribution >= 0.6 is 0 Å². The Labute approximate surface area is 302 Å². The minimum absolute atomic E-state index is 0.432. The van der Waals surface area contributed by atoms with Gasteiger partial charge in [0.1, 0.15) is 11.5 Å². The van der Waals surface area contributed by atoms with Gasteiger partial charge in [0.25, 0.3) is 0 Å². The average molecular weight is 659 g/mol. The zero-order valence-electron chi connectivity index (χ0n) is 28.2. The third-order valence-corrected chi connectivity index (χ3v) is 11.9. The Hall–Kier alpha value is -6.70. The number of hydrogen-bond donors (Lipinski definition) is 0. The summed E-state index contributed by atoms with van der Waals surface area (Å²) < 4.78 is 6.48. The first-order valence-corrected chi connectivity index (χ1v) is 18.1. The van der Waals surface area contributed by atoms with Crippen LogP contribution in [0.3, 0.4) is 0 Å². The molecule has 0 N–H and O–H groups in total. The van der Waals surface area contributed by atoms with Gasteiger partial charge in [-0.2, -0.15) is 0 Å². The third-order valence-electron chi connectivity index (χ3n) is 11.9. The highest BCUT2D eigenvalue weighted by Crippen LogP contribution is 2.64. The lowest BCUT2D eigenvalue weighted by atomic mass is 9.69.